The summed E-state index contributed by atoms with van der Waals surface area (Å²) in [5.41, 5.74) is 1.82. The molecule has 0 heterocycles. The first kappa shape index (κ1) is 13.4. The maximum atomic E-state index is 10.4. The predicted octanol–water partition coefficient (Wildman–Crippen LogP) is 2.98. The Morgan fingerprint density at radius 2 is 1.74 bits per heavy atom. The van der Waals surface area contributed by atoms with Crippen LogP contribution < -0.4 is 9.47 Å². The molecule has 1 N–H and O–H groups in total. The minimum Gasteiger partial charge on any atom is -0.497 e. The first-order valence-corrected chi connectivity index (χ1v) is 6.18. The third kappa shape index (κ3) is 3.26. The van der Waals surface area contributed by atoms with Crippen molar-refractivity contribution in [2.45, 2.75) is 12.5 Å². The van der Waals surface area contributed by atoms with E-state index in [1.165, 1.54) is 0 Å². The molecule has 0 fully saturated rings. The molecule has 0 radical (unpaired) electrons. The highest BCUT2D eigenvalue weighted by molar-refractivity contribution is 5.42. The molecule has 0 aromatic heterocycles. The molecule has 2 rings (SSSR count). The summed E-state index contributed by atoms with van der Waals surface area (Å²) in [6.45, 7) is 0. The Morgan fingerprint density at radius 3 is 2.37 bits per heavy atom. The van der Waals surface area contributed by atoms with Gasteiger partial charge in [0, 0.05) is 12.0 Å². The SMILES string of the molecule is COc1ccc(OC)c(C(O)Cc2ccccc2)c1. The molecule has 0 saturated heterocycles. The molecular formula is C16H18O3. The summed E-state index contributed by atoms with van der Waals surface area (Å²) in [5, 5.41) is 10.4. The van der Waals surface area contributed by atoms with Crippen LogP contribution in [-0.2, 0) is 6.42 Å². The number of benzene rings is 2. The summed E-state index contributed by atoms with van der Waals surface area (Å²) < 4.78 is 10.5. The molecule has 0 bridgehead atoms. The van der Waals surface area contributed by atoms with Gasteiger partial charge < -0.3 is 14.6 Å². The zero-order chi connectivity index (χ0) is 13.7. The number of hydrogen-bond acceptors (Lipinski definition) is 3. The molecule has 3 nitrogen and oxygen atoms in total. The third-order valence-corrected chi connectivity index (χ3v) is 3.07. The smallest absolute Gasteiger partial charge is 0.124 e. The first-order chi connectivity index (χ1) is 9.24. The van der Waals surface area contributed by atoms with E-state index in [0.717, 1.165) is 11.1 Å². The summed E-state index contributed by atoms with van der Waals surface area (Å²) in [6, 6.07) is 15.3. The number of aliphatic hydroxyl groups excluding tert-OH is 1. The van der Waals surface area contributed by atoms with Crippen molar-refractivity contribution in [3.63, 3.8) is 0 Å². The molecule has 0 aliphatic heterocycles. The second-order valence-corrected chi connectivity index (χ2v) is 4.31. The molecule has 100 valence electrons. The van der Waals surface area contributed by atoms with Crippen LogP contribution >= 0.6 is 0 Å². The fourth-order valence-electron chi connectivity index (χ4n) is 2.05. The largest absolute Gasteiger partial charge is 0.497 e. The van der Waals surface area contributed by atoms with Crippen molar-refractivity contribution in [3.8, 4) is 11.5 Å². The van der Waals surface area contributed by atoms with Gasteiger partial charge in [0.05, 0.1) is 20.3 Å². The summed E-state index contributed by atoms with van der Waals surface area (Å²) in [7, 11) is 3.20. The second-order valence-electron chi connectivity index (χ2n) is 4.31. The number of methoxy groups -OCH3 is 2. The Hall–Kier alpha value is -2.00. The van der Waals surface area contributed by atoms with Gasteiger partial charge in [0.15, 0.2) is 0 Å². The topological polar surface area (TPSA) is 38.7 Å². The van der Waals surface area contributed by atoms with Crippen LogP contribution in [0.3, 0.4) is 0 Å². The quantitative estimate of drug-likeness (QED) is 0.896. The molecule has 0 aliphatic carbocycles. The van der Waals surface area contributed by atoms with Crippen molar-refractivity contribution in [2.24, 2.45) is 0 Å². The van der Waals surface area contributed by atoms with E-state index in [0.29, 0.717) is 17.9 Å². The molecule has 19 heavy (non-hydrogen) atoms. The Kier molecular flexibility index (Phi) is 4.42. The van der Waals surface area contributed by atoms with Gasteiger partial charge in [-0.2, -0.15) is 0 Å². The van der Waals surface area contributed by atoms with Crippen LogP contribution in [0.25, 0.3) is 0 Å². The van der Waals surface area contributed by atoms with Crippen LogP contribution in [0.2, 0.25) is 0 Å². The highest BCUT2D eigenvalue weighted by atomic mass is 16.5. The normalized spacial score (nSPS) is 11.9. The number of hydrogen-bond donors (Lipinski definition) is 1. The van der Waals surface area contributed by atoms with Crippen LogP contribution in [-0.4, -0.2) is 19.3 Å². The lowest BCUT2D eigenvalue weighted by atomic mass is 10.0. The molecular weight excluding hydrogens is 240 g/mol. The van der Waals surface area contributed by atoms with E-state index in [4.69, 9.17) is 9.47 Å². The molecule has 1 unspecified atom stereocenters. The standard InChI is InChI=1S/C16H18O3/c1-18-13-8-9-16(19-2)14(11-13)15(17)10-12-6-4-3-5-7-12/h3-9,11,15,17H,10H2,1-2H3. The average molecular weight is 258 g/mol. The molecule has 0 spiro atoms. The van der Waals surface area contributed by atoms with Gasteiger partial charge >= 0.3 is 0 Å². The molecule has 1 atom stereocenters. The van der Waals surface area contributed by atoms with Crippen LogP contribution in [0, 0.1) is 0 Å². The van der Waals surface area contributed by atoms with Gasteiger partial charge in [0.25, 0.3) is 0 Å². The molecule has 3 heteroatoms. The summed E-state index contributed by atoms with van der Waals surface area (Å²) in [6.07, 6.45) is -0.0721. The fourth-order valence-corrected chi connectivity index (χ4v) is 2.05. The van der Waals surface area contributed by atoms with Crippen LogP contribution in [0.1, 0.15) is 17.2 Å². The summed E-state index contributed by atoms with van der Waals surface area (Å²) in [4.78, 5) is 0. The predicted molar refractivity (Wildman–Crippen MR) is 74.7 cm³/mol. The lowest BCUT2D eigenvalue weighted by Gasteiger charge is -2.16. The van der Waals surface area contributed by atoms with Gasteiger partial charge in [0.2, 0.25) is 0 Å². The average Bonchev–Trinajstić information content (AvgIpc) is 2.47. The molecule has 0 amide bonds. The van der Waals surface area contributed by atoms with Gasteiger partial charge in [-0.25, -0.2) is 0 Å². The van der Waals surface area contributed by atoms with Gasteiger partial charge in [-0.3, -0.25) is 0 Å². The van der Waals surface area contributed by atoms with Gasteiger partial charge in [-0.05, 0) is 23.8 Å². The van der Waals surface area contributed by atoms with E-state index in [1.807, 2.05) is 48.5 Å². The van der Waals surface area contributed by atoms with E-state index in [9.17, 15) is 5.11 Å². The molecule has 2 aromatic rings. The van der Waals surface area contributed by atoms with Gasteiger partial charge in [-0.1, -0.05) is 30.3 Å². The van der Waals surface area contributed by atoms with Crippen molar-refractivity contribution >= 4 is 0 Å². The van der Waals surface area contributed by atoms with E-state index in [-0.39, 0.29) is 0 Å². The van der Waals surface area contributed by atoms with Gasteiger partial charge in [-0.15, -0.1) is 0 Å². The first-order valence-electron chi connectivity index (χ1n) is 6.18. The second kappa shape index (κ2) is 6.25. The Bertz CT molecular complexity index is 523. The van der Waals surface area contributed by atoms with Crippen molar-refractivity contribution in [3.05, 3.63) is 59.7 Å². The van der Waals surface area contributed by atoms with Crippen molar-refractivity contribution in [1.29, 1.82) is 0 Å². The van der Waals surface area contributed by atoms with Gasteiger partial charge in [0.1, 0.15) is 11.5 Å². The van der Waals surface area contributed by atoms with Crippen molar-refractivity contribution < 1.29 is 14.6 Å². The minimum atomic E-state index is -0.618. The van der Waals surface area contributed by atoms with Crippen LogP contribution in [0.5, 0.6) is 11.5 Å². The minimum absolute atomic E-state index is 0.546. The summed E-state index contributed by atoms with van der Waals surface area (Å²) >= 11 is 0. The van der Waals surface area contributed by atoms with E-state index in [2.05, 4.69) is 0 Å². The lowest BCUT2D eigenvalue weighted by Crippen LogP contribution is -2.04. The highest BCUT2D eigenvalue weighted by Gasteiger charge is 2.15. The zero-order valence-electron chi connectivity index (χ0n) is 11.2. The maximum absolute atomic E-state index is 10.4. The van der Waals surface area contributed by atoms with E-state index in [1.54, 1.807) is 14.2 Å². The van der Waals surface area contributed by atoms with E-state index >= 15 is 0 Å². The van der Waals surface area contributed by atoms with Crippen LogP contribution in [0.4, 0.5) is 0 Å². The zero-order valence-corrected chi connectivity index (χ0v) is 11.2. The number of aliphatic hydroxyl groups is 1. The molecule has 0 aliphatic rings. The van der Waals surface area contributed by atoms with Crippen molar-refractivity contribution in [2.75, 3.05) is 14.2 Å². The highest BCUT2D eigenvalue weighted by Crippen LogP contribution is 2.31. The Balaban J connectivity index is 2.24. The lowest BCUT2D eigenvalue weighted by molar-refractivity contribution is 0.173. The maximum Gasteiger partial charge on any atom is 0.124 e. The van der Waals surface area contributed by atoms with Crippen molar-refractivity contribution in [1.82, 2.24) is 0 Å². The fraction of sp³-hybridized carbons (Fsp3) is 0.250. The summed E-state index contributed by atoms with van der Waals surface area (Å²) in [5.74, 6) is 1.38. The van der Waals surface area contributed by atoms with E-state index < -0.39 is 6.10 Å². The number of ether oxygens (including phenoxy) is 2. The Labute approximate surface area is 113 Å². The Morgan fingerprint density at radius 1 is 1.00 bits per heavy atom. The monoisotopic (exact) mass is 258 g/mol. The molecule has 2 aromatic carbocycles. The van der Waals surface area contributed by atoms with Crippen LogP contribution in [0.15, 0.2) is 48.5 Å². The third-order valence-electron chi connectivity index (χ3n) is 3.07. The number of rotatable bonds is 5. The molecule has 0 saturated carbocycles.